The minimum Gasteiger partial charge on any atom is -0.394 e. The quantitative estimate of drug-likeness (QED) is 0.716. The van der Waals surface area contributed by atoms with E-state index in [4.69, 9.17) is 0 Å². The third kappa shape index (κ3) is 4.12. The van der Waals surface area contributed by atoms with Gasteiger partial charge in [-0.15, -0.1) is 0 Å². The number of thioether (sulfide) groups is 1. The first kappa shape index (κ1) is 15.7. The maximum absolute atomic E-state index is 9.89. The standard InChI is InChI=1S/C16H31NOS/c1-12(2)13(3)19-10-8-14-5-4-9-16(14,11-18)17-15-6-7-15/h12-15,17-18H,4-11H2,1-3H3. The maximum atomic E-state index is 9.89. The molecule has 2 saturated carbocycles. The zero-order valence-corrected chi connectivity index (χ0v) is 13.6. The molecule has 0 saturated heterocycles. The average Bonchev–Trinajstić information content (AvgIpc) is 3.10. The van der Waals surface area contributed by atoms with Crippen LogP contribution in [0.5, 0.6) is 0 Å². The summed E-state index contributed by atoms with van der Waals surface area (Å²) in [6.45, 7) is 7.28. The molecule has 3 heteroatoms. The highest BCUT2D eigenvalue weighted by Crippen LogP contribution is 2.41. The van der Waals surface area contributed by atoms with Crippen LogP contribution in [0.2, 0.25) is 0 Å². The first-order valence-corrected chi connectivity index (χ1v) is 9.12. The molecule has 0 bridgehead atoms. The summed E-state index contributed by atoms with van der Waals surface area (Å²) in [7, 11) is 0. The fourth-order valence-corrected chi connectivity index (χ4v) is 4.41. The van der Waals surface area contributed by atoms with E-state index in [9.17, 15) is 5.11 Å². The number of hydrogen-bond donors (Lipinski definition) is 2. The zero-order valence-electron chi connectivity index (χ0n) is 12.8. The summed E-state index contributed by atoms with van der Waals surface area (Å²) in [5.74, 6) is 2.70. The van der Waals surface area contributed by atoms with Gasteiger partial charge in [-0.3, -0.25) is 0 Å². The first-order chi connectivity index (χ1) is 9.07. The van der Waals surface area contributed by atoms with E-state index in [-0.39, 0.29) is 5.54 Å². The van der Waals surface area contributed by atoms with Gasteiger partial charge >= 0.3 is 0 Å². The minimum atomic E-state index is 0.0583. The molecular formula is C16H31NOS. The van der Waals surface area contributed by atoms with Gasteiger partial charge in [-0.2, -0.15) is 11.8 Å². The second-order valence-electron chi connectivity index (χ2n) is 6.93. The summed E-state index contributed by atoms with van der Waals surface area (Å²) in [6, 6.07) is 0.704. The van der Waals surface area contributed by atoms with E-state index in [1.54, 1.807) is 0 Å². The van der Waals surface area contributed by atoms with Gasteiger partial charge < -0.3 is 10.4 Å². The van der Waals surface area contributed by atoms with Gasteiger partial charge in [0.2, 0.25) is 0 Å². The highest BCUT2D eigenvalue weighted by atomic mass is 32.2. The maximum Gasteiger partial charge on any atom is 0.0616 e. The second-order valence-corrected chi connectivity index (χ2v) is 8.42. The summed E-state index contributed by atoms with van der Waals surface area (Å²) in [5.41, 5.74) is 0.0583. The Morgan fingerprint density at radius 1 is 1.26 bits per heavy atom. The Morgan fingerprint density at radius 2 is 2.00 bits per heavy atom. The van der Waals surface area contributed by atoms with E-state index in [1.807, 2.05) is 0 Å². The predicted molar refractivity (Wildman–Crippen MR) is 84.7 cm³/mol. The molecule has 0 spiro atoms. The number of aliphatic hydroxyl groups is 1. The number of aliphatic hydroxyl groups excluding tert-OH is 1. The van der Waals surface area contributed by atoms with Crippen LogP contribution in [-0.2, 0) is 0 Å². The topological polar surface area (TPSA) is 32.3 Å². The molecule has 0 radical (unpaired) electrons. The average molecular weight is 285 g/mol. The summed E-state index contributed by atoms with van der Waals surface area (Å²) in [6.07, 6.45) is 7.66. The van der Waals surface area contributed by atoms with Crippen LogP contribution >= 0.6 is 11.8 Å². The monoisotopic (exact) mass is 285 g/mol. The Morgan fingerprint density at radius 3 is 2.58 bits per heavy atom. The molecule has 3 atom stereocenters. The molecule has 0 aliphatic heterocycles. The highest BCUT2D eigenvalue weighted by molar-refractivity contribution is 7.99. The SMILES string of the molecule is CC(C)C(C)SCCC1CCCC1(CO)NC1CC1. The van der Waals surface area contributed by atoms with Crippen LogP contribution in [0.25, 0.3) is 0 Å². The van der Waals surface area contributed by atoms with Gasteiger partial charge in [-0.1, -0.05) is 27.2 Å². The normalized spacial score (nSPS) is 33.0. The highest BCUT2D eigenvalue weighted by Gasteiger charge is 2.44. The lowest BCUT2D eigenvalue weighted by molar-refractivity contribution is 0.120. The molecule has 3 unspecified atom stereocenters. The number of nitrogens with one attached hydrogen (secondary N) is 1. The summed E-state index contributed by atoms with van der Waals surface area (Å²) >= 11 is 2.11. The smallest absolute Gasteiger partial charge is 0.0616 e. The molecule has 2 aliphatic carbocycles. The van der Waals surface area contributed by atoms with Gasteiger partial charge in [-0.05, 0) is 49.7 Å². The van der Waals surface area contributed by atoms with E-state index < -0.39 is 0 Å². The van der Waals surface area contributed by atoms with Crippen molar-refractivity contribution in [2.75, 3.05) is 12.4 Å². The summed E-state index contributed by atoms with van der Waals surface area (Å²) in [5, 5.41) is 14.4. The molecule has 2 N–H and O–H groups in total. The van der Waals surface area contributed by atoms with Crippen molar-refractivity contribution in [1.82, 2.24) is 5.32 Å². The largest absolute Gasteiger partial charge is 0.394 e. The predicted octanol–water partition coefficient (Wildman–Crippen LogP) is 3.44. The molecule has 2 rings (SSSR count). The van der Waals surface area contributed by atoms with E-state index >= 15 is 0 Å². The van der Waals surface area contributed by atoms with Crippen molar-refractivity contribution in [1.29, 1.82) is 0 Å². The van der Waals surface area contributed by atoms with Gasteiger partial charge in [0.25, 0.3) is 0 Å². The molecule has 2 aliphatic rings. The van der Waals surface area contributed by atoms with E-state index in [0.29, 0.717) is 18.6 Å². The second kappa shape index (κ2) is 6.82. The minimum absolute atomic E-state index is 0.0583. The van der Waals surface area contributed by atoms with Crippen LogP contribution in [0.15, 0.2) is 0 Å². The van der Waals surface area contributed by atoms with Crippen molar-refractivity contribution in [3.05, 3.63) is 0 Å². The molecule has 19 heavy (non-hydrogen) atoms. The van der Waals surface area contributed by atoms with Crippen LogP contribution in [0.4, 0.5) is 0 Å². The molecule has 2 nitrogen and oxygen atoms in total. The molecule has 112 valence electrons. The lowest BCUT2D eigenvalue weighted by atomic mass is 9.85. The Bertz CT molecular complexity index is 280. The van der Waals surface area contributed by atoms with Crippen molar-refractivity contribution in [2.24, 2.45) is 11.8 Å². The third-order valence-electron chi connectivity index (χ3n) is 5.09. The lowest BCUT2D eigenvalue weighted by Crippen LogP contribution is -2.52. The fraction of sp³-hybridized carbons (Fsp3) is 1.00. The molecule has 0 heterocycles. The fourth-order valence-electron chi connectivity index (χ4n) is 3.23. The van der Waals surface area contributed by atoms with Crippen molar-refractivity contribution >= 4 is 11.8 Å². The van der Waals surface area contributed by atoms with Gasteiger partial charge in [0.1, 0.15) is 0 Å². The molecule has 0 aromatic heterocycles. The summed E-state index contributed by atoms with van der Waals surface area (Å²) < 4.78 is 0. The van der Waals surface area contributed by atoms with Gasteiger partial charge in [0.05, 0.1) is 6.61 Å². The van der Waals surface area contributed by atoms with Crippen LogP contribution < -0.4 is 5.32 Å². The Balaban J connectivity index is 1.80. The molecule has 0 amide bonds. The van der Waals surface area contributed by atoms with Gasteiger partial charge in [0, 0.05) is 16.8 Å². The van der Waals surface area contributed by atoms with E-state index in [1.165, 1.54) is 44.3 Å². The number of hydrogen-bond acceptors (Lipinski definition) is 3. The van der Waals surface area contributed by atoms with Crippen molar-refractivity contribution in [3.8, 4) is 0 Å². The third-order valence-corrected chi connectivity index (χ3v) is 6.64. The molecule has 0 aromatic rings. The van der Waals surface area contributed by atoms with Gasteiger partial charge in [-0.25, -0.2) is 0 Å². The first-order valence-electron chi connectivity index (χ1n) is 8.07. The molecule has 0 aromatic carbocycles. The molecule has 2 fully saturated rings. The van der Waals surface area contributed by atoms with Crippen LogP contribution in [-0.4, -0.2) is 34.3 Å². The van der Waals surface area contributed by atoms with E-state index in [2.05, 4.69) is 37.8 Å². The Kier molecular flexibility index (Phi) is 5.62. The Hall–Kier alpha value is 0.270. The number of rotatable bonds is 8. The summed E-state index contributed by atoms with van der Waals surface area (Å²) in [4.78, 5) is 0. The van der Waals surface area contributed by atoms with Crippen molar-refractivity contribution < 1.29 is 5.11 Å². The molecular weight excluding hydrogens is 254 g/mol. The van der Waals surface area contributed by atoms with Crippen molar-refractivity contribution in [2.45, 2.75) is 76.1 Å². The van der Waals surface area contributed by atoms with Gasteiger partial charge in [0.15, 0.2) is 0 Å². The van der Waals surface area contributed by atoms with Crippen molar-refractivity contribution in [3.63, 3.8) is 0 Å². The van der Waals surface area contributed by atoms with E-state index in [0.717, 1.165) is 11.2 Å². The lowest BCUT2D eigenvalue weighted by Gasteiger charge is -2.35. The zero-order chi connectivity index (χ0) is 13.9. The van der Waals surface area contributed by atoms with Crippen LogP contribution in [0, 0.1) is 11.8 Å². The van der Waals surface area contributed by atoms with Crippen LogP contribution in [0.1, 0.15) is 59.3 Å². The van der Waals surface area contributed by atoms with Crippen LogP contribution in [0.3, 0.4) is 0 Å². The Labute approximate surface area is 123 Å².